The molecular weight excluding hydrogens is 144 g/mol. The summed E-state index contributed by atoms with van der Waals surface area (Å²) in [6, 6.07) is 0. The maximum atomic E-state index is 2.21. The maximum absolute atomic E-state index is 2.21. The van der Waals surface area contributed by atoms with Gasteiger partial charge in [-0.1, -0.05) is 50.5 Å². The summed E-state index contributed by atoms with van der Waals surface area (Å²) in [5, 5.41) is 0. The molecule has 0 atom stereocenters. The standard InChI is InChI=1S/C10H18.C2H6/c1-5-6-10(4)8-7-9(2)3;1-2/h7-8H,5-6H2,1-4H3;1-2H3/b10-8-;. The Labute approximate surface area is 78.4 Å². The van der Waals surface area contributed by atoms with Crippen molar-refractivity contribution in [3.05, 3.63) is 23.3 Å². The summed E-state index contributed by atoms with van der Waals surface area (Å²) in [6.45, 7) is 12.6. The van der Waals surface area contributed by atoms with Crippen LogP contribution >= 0.6 is 0 Å². The van der Waals surface area contributed by atoms with E-state index in [2.05, 4.69) is 39.8 Å². The highest BCUT2D eigenvalue weighted by Crippen LogP contribution is 2.03. The van der Waals surface area contributed by atoms with E-state index in [4.69, 9.17) is 0 Å². The molecule has 0 rings (SSSR count). The van der Waals surface area contributed by atoms with Crippen molar-refractivity contribution in [2.45, 2.75) is 54.4 Å². The monoisotopic (exact) mass is 168 g/mol. The predicted molar refractivity (Wildman–Crippen MR) is 59.4 cm³/mol. The summed E-state index contributed by atoms with van der Waals surface area (Å²) in [5.41, 5.74) is 2.85. The molecule has 0 heteroatoms. The maximum Gasteiger partial charge on any atom is -0.0323 e. The fourth-order valence-corrected chi connectivity index (χ4v) is 0.787. The fourth-order valence-electron chi connectivity index (χ4n) is 0.787. The topological polar surface area (TPSA) is 0 Å². The first-order valence-electron chi connectivity index (χ1n) is 4.97. The molecule has 0 aromatic heterocycles. The second kappa shape index (κ2) is 10.5. The van der Waals surface area contributed by atoms with Crippen molar-refractivity contribution >= 4 is 0 Å². The van der Waals surface area contributed by atoms with Crippen molar-refractivity contribution in [1.29, 1.82) is 0 Å². The van der Waals surface area contributed by atoms with Crippen molar-refractivity contribution in [2.24, 2.45) is 0 Å². The Bertz CT molecular complexity index is 134. The van der Waals surface area contributed by atoms with E-state index in [0.717, 1.165) is 0 Å². The minimum Gasteiger partial charge on any atom is -0.0764 e. The van der Waals surface area contributed by atoms with E-state index < -0.39 is 0 Å². The Morgan fingerprint density at radius 1 is 1.00 bits per heavy atom. The molecule has 0 aliphatic rings. The van der Waals surface area contributed by atoms with Crippen LogP contribution in [0.25, 0.3) is 0 Å². The number of hydrogen-bond donors (Lipinski definition) is 0. The number of allylic oxidation sites excluding steroid dienone is 4. The molecule has 0 unspecified atom stereocenters. The van der Waals surface area contributed by atoms with Crippen LogP contribution in [-0.4, -0.2) is 0 Å². The van der Waals surface area contributed by atoms with Gasteiger partial charge in [0.05, 0.1) is 0 Å². The average Bonchev–Trinajstić information content (AvgIpc) is 2.05. The van der Waals surface area contributed by atoms with Gasteiger partial charge >= 0.3 is 0 Å². The van der Waals surface area contributed by atoms with Crippen molar-refractivity contribution in [3.8, 4) is 0 Å². The third-order valence-corrected chi connectivity index (χ3v) is 1.35. The van der Waals surface area contributed by atoms with Gasteiger partial charge in [0.2, 0.25) is 0 Å². The SMILES string of the molecule is CC.CCC/C(C)=C\C=C(C)C. The second-order valence-corrected chi connectivity index (χ2v) is 3.01. The van der Waals surface area contributed by atoms with Crippen LogP contribution in [0.15, 0.2) is 23.3 Å². The van der Waals surface area contributed by atoms with Crippen LogP contribution in [0.2, 0.25) is 0 Å². The molecule has 0 N–H and O–H groups in total. The zero-order valence-corrected chi connectivity index (χ0v) is 9.57. The van der Waals surface area contributed by atoms with E-state index in [0.29, 0.717) is 0 Å². The summed E-state index contributed by atoms with van der Waals surface area (Å²) < 4.78 is 0. The largest absolute Gasteiger partial charge is 0.0764 e. The van der Waals surface area contributed by atoms with Crippen LogP contribution in [-0.2, 0) is 0 Å². The lowest BCUT2D eigenvalue weighted by Crippen LogP contribution is -1.73. The normalized spacial score (nSPS) is 10.0. The molecule has 0 amide bonds. The first kappa shape index (κ1) is 14.0. The minimum absolute atomic E-state index is 1.23. The molecule has 0 nitrogen and oxygen atoms in total. The molecule has 0 aliphatic heterocycles. The zero-order chi connectivity index (χ0) is 9.98. The van der Waals surface area contributed by atoms with Crippen LogP contribution in [0, 0.1) is 0 Å². The van der Waals surface area contributed by atoms with E-state index in [-0.39, 0.29) is 0 Å². The van der Waals surface area contributed by atoms with Gasteiger partial charge in [-0.2, -0.15) is 0 Å². The molecule has 0 aromatic rings. The van der Waals surface area contributed by atoms with E-state index in [1.807, 2.05) is 13.8 Å². The van der Waals surface area contributed by atoms with Crippen molar-refractivity contribution < 1.29 is 0 Å². The third kappa shape index (κ3) is 12.2. The van der Waals surface area contributed by atoms with Crippen molar-refractivity contribution in [1.82, 2.24) is 0 Å². The minimum atomic E-state index is 1.23. The predicted octanol–water partition coefficient (Wildman–Crippen LogP) is 4.73. The highest BCUT2D eigenvalue weighted by molar-refractivity contribution is 5.13. The third-order valence-electron chi connectivity index (χ3n) is 1.35. The molecular formula is C12H24. The van der Waals surface area contributed by atoms with E-state index in [1.165, 1.54) is 24.0 Å². The fraction of sp³-hybridized carbons (Fsp3) is 0.667. The first-order chi connectivity index (χ1) is 5.66. The quantitative estimate of drug-likeness (QED) is 0.535. The van der Waals surface area contributed by atoms with Gasteiger partial charge in [-0.05, 0) is 27.2 Å². The van der Waals surface area contributed by atoms with Crippen LogP contribution in [0.3, 0.4) is 0 Å². The molecule has 72 valence electrons. The Morgan fingerprint density at radius 2 is 1.50 bits per heavy atom. The smallest absolute Gasteiger partial charge is 0.0323 e. The highest BCUT2D eigenvalue weighted by atomic mass is 13.9. The molecule has 0 aliphatic carbocycles. The lowest BCUT2D eigenvalue weighted by molar-refractivity contribution is 0.905. The van der Waals surface area contributed by atoms with Gasteiger partial charge in [0.1, 0.15) is 0 Å². The van der Waals surface area contributed by atoms with E-state index >= 15 is 0 Å². The Morgan fingerprint density at radius 3 is 1.83 bits per heavy atom. The van der Waals surface area contributed by atoms with Gasteiger partial charge < -0.3 is 0 Å². The van der Waals surface area contributed by atoms with Gasteiger partial charge in [-0.3, -0.25) is 0 Å². The van der Waals surface area contributed by atoms with Gasteiger partial charge in [-0.15, -0.1) is 0 Å². The Hall–Kier alpha value is -0.520. The van der Waals surface area contributed by atoms with Crippen LogP contribution in [0.4, 0.5) is 0 Å². The first-order valence-corrected chi connectivity index (χ1v) is 4.97. The summed E-state index contributed by atoms with van der Waals surface area (Å²) in [4.78, 5) is 0. The molecule has 0 aromatic carbocycles. The van der Waals surface area contributed by atoms with Crippen LogP contribution in [0.1, 0.15) is 54.4 Å². The second-order valence-electron chi connectivity index (χ2n) is 3.01. The lowest BCUT2D eigenvalue weighted by Gasteiger charge is -1.93. The molecule has 0 spiro atoms. The van der Waals surface area contributed by atoms with Gasteiger partial charge in [0.15, 0.2) is 0 Å². The number of rotatable bonds is 3. The summed E-state index contributed by atoms with van der Waals surface area (Å²) >= 11 is 0. The lowest BCUT2D eigenvalue weighted by atomic mass is 10.1. The number of hydrogen-bond acceptors (Lipinski definition) is 0. The van der Waals surface area contributed by atoms with E-state index in [9.17, 15) is 0 Å². The summed E-state index contributed by atoms with van der Waals surface area (Å²) in [7, 11) is 0. The van der Waals surface area contributed by atoms with Crippen molar-refractivity contribution in [3.63, 3.8) is 0 Å². The van der Waals surface area contributed by atoms with Gasteiger partial charge in [0, 0.05) is 0 Å². The molecule has 0 saturated heterocycles. The van der Waals surface area contributed by atoms with Crippen LogP contribution < -0.4 is 0 Å². The highest BCUT2D eigenvalue weighted by Gasteiger charge is 1.83. The van der Waals surface area contributed by atoms with Gasteiger partial charge in [0.25, 0.3) is 0 Å². The van der Waals surface area contributed by atoms with Crippen LogP contribution in [0.5, 0.6) is 0 Å². The summed E-state index contributed by atoms with van der Waals surface area (Å²) in [6.07, 6.45) is 6.85. The zero-order valence-electron chi connectivity index (χ0n) is 9.57. The Balaban J connectivity index is 0. The Kier molecular flexibility index (Phi) is 12.3. The molecule has 0 heterocycles. The van der Waals surface area contributed by atoms with E-state index in [1.54, 1.807) is 0 Å². The molecule has 12 heavy (non-hydrogen) atoms. The van der Waals surface area contributed by atoms with Crippen molar-refractivity contribution in [2.75, 3.05) is 0 Å². The molecule has 0 fully saturated rings. The molecule has 0 bridgehead atoms. The summed E-state index contributed by atoms with van der Waals surface area (Å²) in [5.74, 6) is 0. The average molecular weight is 168 g/mol. The van der Waals surface area contributed by atoms with Gasteiger partial charge in [-0.25, -0.2) is 0 Å². The molecule has 0 radical (unpaired) electrons. The molecule has 0 saturated carbocycles.